The number of rotatable bonds is 6. The number of carbonyl (C=O) groups is 2. The average Bonchev–Trinajstić information content (AvgIpc) is 3.03. The first-order valence-electron chi connectivity index (χ1n) is 7.47. The Bertz CT molecular complexity index is 657. The largest absolute Gasteiger partial charge is 0.325 e. The van der Waals surface area contributed by atoms with E-state index in [-0.39, 0.29) is 24.2 Å². The molecule has 1 aromatic carbocycles. The quantitative estimate of drug-likeness (QED) is 0.727. The normalized spacial score (nSPS) is 11.5. The lowest BCUT2D eigenvalue weighted by Gasteiger charge is -2.14. The molecule has 0 aliphatic heterocycles. The summed E-state index contributed by atoms with van der Waals surface area (Å²) in [6, 6.07) is 10.1. The zero-order chi connectivity index (χ0) is 16.8. The second kappa shape index (κ2) is 9.42. The molecular weight excluding hydrogens is 346 g/mol. The van der Waals surface area contributed by atoms with Crippen molar-refractivity contribution in [2.24, 2.45) is 11.7 Å². The Balaban J connectivity index is 0.00000288. The number of amides is 2. The van der Waals surface area contributed by atoms with Gasteiger partial charge in [0.15, 0.2) is 0 Å². The van der Waals surface area contributed by atoms with Crippen LogP contribution in [0, 0.1) is 5.92 Å². The van der Waals surface area contributed by atoms with Crippen LogP contribution >= 0.6 is 23.7 Å². The summed E-state index contributed by atoms with van der Waals surface area (Å²) in [6.07, 6.45) is 0.640. The highest BCUT2D eigenvalue weighted by atomic mass is 35.5. The molecule has 0 unspecified atom stereocenters. The fourth-order valence-corrected chi connectivity index (χ4v) is 2.71. The Morgan fingerprint density at radius 2 is 1.67 bits per heavy atom. The minimum absolute atomic E-state index is 0. The minimum Gasteiger partial charge on any atom is -0.325 e. The highest BCUT2D eigenvalue weighted by molar-refractivity contribution is 7.12. The average molecular weight is 368 g/mol. The molecule has 2 rings (SSSR count). The van der Waals surface area contributed by atoms with Gasteiger partial charge in [0.05, 0.1) is 10.9 Å². The lowest BCUT2D eigenvalue weighted by Crippen LogP contribution is -2.36. The molecule has 2 aromatic rings. The molecular formula is C17H22ClN3O2S. The van der Waals surface area contributed by atoms with E-state index in [1.807, 2.05) is 25.3 Å². The zero-order valence-corrected chi connectivity index (χ0v) is 15.2. The molecule has 0 saturated heterocycles. The van der Waals surface area contributed by atoms with Gasteiger partial charge < -0.3 is 16.4 Å². The van der Waals surface area contributed by atoms with Crippen molar-refractivity contribution in [3.63, 3.8) is 0 Å². The molecule has 4 N–H and O–H groups in total. The van der Waals surface area contributed by atoms with E-state index in [1.54, 1.807) is 30.3 Å². The molecule has 1 aromatic heterocycles. The van der Waals surface area contributed by atoms with Gasteiger partial charge in [-0.1, -0.05) is 19.9 Å². The van der Waals surface area contributed by atoms with Gasteiger partial charge in [0.2, 0.25) is 5.91 Å². The number of hydrogen-bond acceptors (Lipinski definition) is 4. The van der Waals surface area contributed by atoms with Crippen molar-refractivity contribution in [3.8, 4) is 0 Å². The van der Waals surface area contributed by atoms with E-state index in [2.05, 4.69) is 10.6 Å². The summed E-state index contributed by atoms with van der Waals surface area (Å²) < 4.78 is 0. The number of carbonyl (C=O) groups excluding carboxylic acids is 2. The summed E-state index contributed by atoms with van der Waals surface area (Å²) in [5, 5.41) is 7.44. The molecule has 1 atom stereocenters. The molecule has 0 saturated carbocycles. The summed E-state index contributed by atoms with van der Waals surface area (Å²) >= 11 is 1.39. The van der Waals surface area contributed by atoms with Gasteiger partial charge in [-0.25, -0.2) is 0 Å². The number of hydrogen-bond donors (Lipinski definition) is 3. The maximum absolute atomic E-state index is 12.0. The Labute approximate surface area is 152 Å². The minimum atomic E-state index is -0.520. The highest BCUT2D eigenvalue weighted by Crippen LogP contribution is 2.17. The van der Waals surface area contributed by atoms with Crippen molar-refractivity contribution in [1.82, 2.24) is 0 Å². The molecule has 0 aliphatic rings. The third-order valence-electron chi connectivity index (χ3n) is 3.22. The van der Waals surface area contributed by atoms with E-state index >= 15 is 0 Å². The number of halogens is 1. The van der Waals surface area contributed by atoms with Crippen LogP contribution in [0.2, 0.25) is 0 Å². The number of nitrogens with one attached hydrogen (secondary N) is 2. The van der Waals surface area contributed by atoms with Crippen molar-refractivity contribution in [2.45, 2.75) is 26.3 Å². The van der Waals surface area contributed by atoms with E-state index in [9.17, 15) is 9.59 Å². The number of nitrogens with two attached hydrogens (primary N) is 1. The number of thiophene rings is 1. The number of anilines is 2. The summed E-state index contributed by atoms with van der Waals surface area (Å²) in [5.41, 5.74) is 7.18. The van der Waals surface area contributed by atoms with Gasteiger partial charge >= 0.3 is 0 Å². The van der Waals surface area contributed by atoms with Crippen LogP contribution in [0.3, 0.4) is 0 Å². The first kappa shape index (κ1) is 20.2. The Hall–Kier alpha value is -1.89. The van der Waals surface area contributed by atoms with E-state index in [0.29, 0.717) is 28.6 Å². The molecule has 5 nitrogen and oxygen atoms in total. The smallest absolute Gasteiger partial charge is 0.265 e. The lowest BCUT2D eigenvalue weighted by atomic mass is 10.0. The Morgan fingerprint density at radius 3 is 2.17 bits per heavy atom. The predicted molar refractivity (Wildman–Crippen MR) is 102 cm³/mol. The van der Waals surface area contributed by atoms with Gasteiger partial charge in [0, 0.05) is 11.4 Å². The van der Waals surface area contributed by atoms with Crippen molar-refractivity contribution < 1.29 is 9.59 Å². The first-order chi connectivity index (χ1) is 11.0. The second-order valence-electron chi connectivity index (χ2n) is 5.73. The molecule has 24 heavy (non-hydrogen) atoms. The standard InChI is InChI=1S/C17H21N3O2S.ClH/c1-11(2)10-14(18)16(21)19-12-5-7-13(8-6-12)20-17(22)15-4-3-9-23-15;/h3-9,11,14H,10,18H2,1-2H3,(H,19,21)(H,20,22);1H/t14-;/m0./s1. The van der Waals surface area contributed by atoms with Crippen molar-refractivity contribution in [3.05, 3.63) is 46.7 Å². The van der Waals surface area contributed by atoms with Crippen LogP contribution < -0.4 is 16.4 Å². The van der Waals surface area contributed by atoms with E-state index < -0.39 is 6.04 Å². The fourth-order valence-electron chi connectivity index (χ4n) is 2.09. The van der Waals surface area contributed by atoms with Crippen LogP contribution in [-0.2, 0) is 4.79 Å². The van der Waals surface area contributed by atoms with Crippen molar-refractivity contribution >= 4 is 46.9 Å². The summed E-state index contributed by atoms with van der Waals surface area (Å²) in [4.78, 5) is 24.6. The summed E-state index contributed by atoms with van der Waals surface area (Å²) in [5.74, 6) is 0.0235. The summed E-state index contributed by atoms with van der Waals surface area (Å²) in [6.45, 7) is 4.05. The Kier molecular flexibility index (Phi) is 7.91. The van der Waals surface area contributed by atoms with Crippen LogP contribution in [-0.4, -0.2) is 17.9 Å². The summed E-state index contributed by atoms with van der Waals surface area (Å²) in [7, 11) is 0. The first-order valence-corrected chi connectivity index (χ1v) is 8.35. The SMILES string of the molecule is CC(C)C[C@H](N)C(=O)Nc1ccc(NC(=O)c2cccs2)cc1.Cl. The topological polar surface area (TPSA) is 84.2 Å². The van der Waals surface area contributed by atoms with Crippen LogP contribution in [0.15, 0.2) is 41.8 Å². The predicted octanol–water partition coefficient (Wildman–Crippen LogP) is 3.73. The van der Waals surface area contributed by atoms with E-state index in [4.69, 9.17) is 5.73 Å². The Morgan fingerprint density at radius 1 is 1.08 bits per heavy atom. The third-order valence-corrected chi connectivity index (χ3v) is 4.09. The molecule has 7 heteroatoms. The zero-order valence-electron chi connectivity index (χ0n) is 13.6. The number of benzene rings is 1. The molecule has 0 spiro atoms. The lowest BCUT2D eigenvalue weighted by molar-refractivity contribution is -0.117. The molecule has 2 amide bonds. The van der Waals surface area contributed by atoms with Gasteiger partial charge in [-0.3, -0.25) is 9.59 Å². The molecule has 1 heterocycles. The highest BCUT2D eigenvalue weighted by Gasteiger charge is 2.15. The molecule has 0 aliphatic carbocycles. The maximum atomic E-state index is 12.0. The van der Waals surface area contributed by atoms with Crippen molar-refractivity contribution in [2.75, 3.05) is 10.6 Å². The van der Waals surface area contributed by atoms with Gasteiger partial charge in [-0.15, -0.1) is 23.7 Å². The van der Waals surface area contributed by atoms with Gasteiger partial charge in [-0.2, -0.15) is 0 Å². The van der Waals surface area contributed by atoms with E-state index in [1.165, 1.54) is 11.3 Å². The van der Waals surface area contributed by atoms with Gasteiger partial charge in [0.25, 0.3) is 5.91 Å². The van der Waals surface area contributed by atoms with Gasteiger partial charge in [-0.05, 0) is 48.1 Å². The van der Waals surface area contributed by atoms with Crippen LogP contribution in [0.5, 0.6) is 0 Å². The van der Waals surface area contributed by atoms with E-state index in [0.717, 1.165) is 0 Å². The monoisotopic (exact) mass is 367 g/mol. The van der Waals surface area contributed by atoms with Crippen LogP contribution in [0.25, 0.3) is 0 Å². The molecule has 0 radical (unpaired) electrons. The van der Waals surface area contributed by atoms with Crippen molar-refractivity contribution in [1.29, 1.82) is 0 Å². The molecule has 130 valence electrons. The maximum Gasteiger partial charge on any atom is 0.265 e. The molecule has 0 fully saturated rings. The molecule has 0 bridgehead atoms. The van der Waals surface area contributed by atoms with Crippen LogP contribution in [0.1, 0.15) is 29.9 Å². The van der Waals surface area contributed by atoms with Crippen LogP contribution in [0.4, 0.5) is 11.4 Å². The third kappa shape index (κ3) is 5.96. The second-order valence-corrected chi connectivity index (χ2v) is 6.68. The fraction of sp³-hybridized carbons (Fsp3) is 0.294. The van der Waals surface area contributed by atoms with Gasteiger partial charge in [0.1, 0.15) is 0 Å².